The second-order valence-electron chi connectivity index (χ2n) is 5.04. The SMILES string of the molecule is CC(C)CNCc1ccc(OCc2cccs2)cc1.Cl. The lowest BCUT2D eigenvalue weighted by Crippen LogP contribution is -2.18. The van der Waals surface area contributed by atoms with Gasteiger partial charge in [0.2, 0.25) is 0 Å². The maximum absolute atomic E-state index is 5.74. The molecule has 1 heterocycles. The first-order valence-electron chi connectivity index (χ1n) is 6.69. The smallest absolute Gasteiger partial charge is 0.122 e. The lowest BCUT2D eigenvalue weighted by atomic mass is 10.2. The topological polar surface area (TPSA) is 21.3 Å². The minimum Gasteiger partial charge on any atom is -0.488 e. The van der Waals surface area contributed by atoms with Crippen LogP contribution in [-0.2, 0) is 13.2 Å². The zero-order valence-corrected chi connectivity index (χ0v) is 13.6. The third-order valence-corrected chi connectivity index (χ3v) is 3.62. The number of hydrogen-bond donors (Lipinski definition) is 1. The van der Waals surface area contributed by atoms with Gasteiger partial charge in [-0.05, 0) is 41.6 Å². The summed E-state index contributed by atoms with van der Waals surface area (Å²) in [7, 11) is 0. The first-order chi connectivity index (χ1) is 9.24. The van der Waals surface area contributed by atoms with E-state index in [2.05, 4.69) is 42.7 Å². The third kappa shape index (κ3) is 5.95. The van der Waals surface area contributed by atoms with Gasteiger partial charge in [-0.2, -0.15) is 0 Å². The monoisotopic (exact) mass is 311 g/mol. The molecule has 0 atom stereocenters. The molecule has 0 bridgehead atoms. The molecule has 1 N–H and O–H groups in total. The van der Waals surface area contributed by atoms with Crippen molar-refractivity contribution >= 4 is 23.7 Å². The molecule has 1 aromatic heterocycles. The molecule has 2 aromatic rings. The van der Waals surface area contributed by atoms with Gasteiger partial charge in [0.1, 0.15) is 12.4 Å². The van der Waals surface area contributed by atoms with E-state index >= 15 is 0 Å². The van der Waals surface area contributed by atoms with Crippen LogP contribution in [0, 0.1) is 5.92 Å². The van der Waals surface area contributed by atoms with Gasteiger partial charge in [0.15, 0.2) is 0 Å². The first-order valence-corrected chi connectivity index (χ1v) is 7.57. The van der Waals surface area contributed by atoms with Crippen LogP contribution in [0.25, 0.3) is 0 Å². The Morgan fingerprint density at radius 2 is 1.90 bits per heavy atom. The fraction of sp³-hybridized carbons (Fsp3) is 0.375. The molecule has 0 aliphatic rings. The zero-order chi connectivity index (χ0) is 13.5. The van der Waals surface area contributed by atoms with E-state index in [4.69, 9.17) is 4.74 Å². The fourth-order valence-electron chi connectivity index (χ4n) is 1.76. The van der Waals surface area contributed by atoms with E-state index in [9.17, 15) is 0 Å². The van der Waals surface area contributed by atoms with Gasteiger partial charge in [0, 0.05) is 11.4 Å². The quantitative estimate of drug-likeness (QED) is 0.813. The second-order valence-corrected chi connectivity index (χ2v) is 6.07. The number of nitrogens with one attached hydrogen (secondary N) is 1. The summed E-state index contributed by atoms with van der Waals surface area (Å²) in [5, 5.41) is 5.51. The van der Waals surface area contributed by atoms with E-state index in [1.165, 1.54) is 10.4 Å². The minimum atomic E-state index is 0. The van der Waals surface area contributed by atoms with Crippen LogP contribution in [0.2, 0.25) is 0 Å². The van der Waals surface area contributed by atoms with E-state index in [-0.39, 0.29) is 12.4 Å². The number of halogens is 1. The molecule has 0 radical (unpaired) electrons. The summed E-state index contributed by atoms with van der Waals surface area (Å²) in [6.45, 7) is 7.06. The summed E-state index contributed by atoms with van der Waals surface area (Å²) in [6.07, 6.45) is 0. The van der Waals surface area contributed by atoms with Gasteiger partial charge < -0.3 is 10.1 Å². The van der Waals surface area contributed by atoms with Crippen LogP contribution in [0.15, 0.2) is 41.8 Å². The predicted molar refractivity (Wildman–Crippen MR) is 88.9 cm³/mol. The molecule has 0 amide bonds. The highest BCUT2D eigenvalue weighted by atomic mass is 35.5. The molecule has 4 heteroatoms. The van der Waals surface area contributed by atoms with Crippen LogP contribution in [0.4, 0.5) is 0 Å². The minimum absolute atomic E-state index is 0. The Kier molecular flexibility index (Phi) is 7.67. The summed E-state index contributed by atoms with van der Waals surface area (Å²) >= 11 is 1.72. The van der Waals surface area contributed by atoms with Gasteiger partial charge in [-0.25, -0.2) is 0 Å². The van der Waals surface area contributed by atoms with E-state index < -0.39 is 0 Å². The summed E-state index contributed by atoms with van der Waals surface area (Å²) in [6, 6.07) is 12.5. The summed E-state index contributed by atoms with van der Waals surface area (Å²) in [5.74, 6) is 1.62. The van der Waals surface area contributed by atoms with Crippen molar-refractivity contribution in [2.45, 2.75) is 27.0 Å². The van der Waals surface area contributed by atoms with E-state index in [1.807, 2.05) is 18.2 Å². The Morgan fingerprint density at radius 1 is 1.15 bits per heavy atom. The van der Waals surface area contributed by atoms with E-state index in [0.717, 1.165) is 18.8 Å². The molecular formula is C16H22ClNOS. The number of ether oxygens (including phenoxy) is 1. The number of rotatable bonds is 7. The van der Waals surface area contributed by atoms with Crippen LogP contribution in [0.5, 0.6) is 5.75 Å². The highest BCUT2D eigenvalue weighted by Gasteiger charge is 1.98. The highest BCUT2D eigenvalue weighted by molar-refractivity contribution is 7.09. The molecule has 0 unspecified atom stereocenters. The Hall–Kier alpha value is -1.03. The van der Waals surface area contributed by atoms with Crippen molar-refractivity contribution in [2.75, 3.05) is 6.54 Å². The molecule has 0 saturated heterocycles. The Labute approximate surface area is 131 Å². The van der Waals surface area contributed by atoms with Crippen LogP contribution in [0.3, 0.4) is 0 Å². The number of thiophene rings is 1. The lowest BCUT2D eigenvalue weighted by Gasteiger charge is -2.09. The van der Waals surface area contributed by atoms with Crippen LogP contribution >= 0.6 is 23.7 Å². The first kappa shape index (κ1) is 17.0. The molecule has 0 spiro atoms. The molecule has 0 saturated carbocycles. The van der Waals surface area contributed by atoms with Gasteiger partial charge in [-0.15, -0.1) is 23.7 Å². The van der Waals surface area contributed by atoms with Crippen molar-refractivity contribution in [3.05, 3.63) is 52.2 Å². The van der Waals surface area contributed by atoms with Crippen molar-refractivity contribution in [2.24, 2.45) is 5.92 Å². The Bertz CT molecular complexity index is 468. The van der Waals surface area contributed by atoms with E-state index in [0.29, 0.717) is 12.5 Å². The van der Waals surface area contributed by atoms with Crippen LogP contribution < -0.4 is 10.1 Å². The summed E-state index contributed by atoms with van der Waals surface area (Å²) in [4.78, 5) is 1.25. The van der Waals surface area contributed by atoms with Crippen molar-refractivity contribution in [3.8, 4) is 5.75 Å². The maximum Gasteiger partial charge on any atom is 0.122 e. The molecule has 0 aliphatic carbocycles. The highest BCUT2D eigenvalue weighted by Crippen LogP contribution is 2.16. The molecule has 0 fully saturated rings. The van der Waals surface area contributed by atoms with Gasteiger partial charge in [-0.1, -0.05) is 32.0 Å². The summed E-state index contributed by atoms with van der Waals surface area (Å²) < 4.78 is 5.74. The standard InChI is InChI=1S/C16H21NOS.ClH/c1-13(2)10-17-11-14-5-7-15(8-6-14)18-12-16-4-3-9-19-16;/h3-9,13,17H,10-12H2,1-2H3;1H. The van der Waals surface area contributed by atoms with Crippen molar-refractivity contribution in [3.63, 3.8) is 0 Å². The predicted octanol–water partition coefficient (Wildman–Crippen LogP) is 4.49. The number of hydrogen-bond acceptors (Lipinski definition) is 3. The zero-order valence-electron chi connectivity index (χ0n) is 12.0. The third-order valence-electron chi connectivity index (χ3n) is 2.77. The molecule has 110 valence electrons. The van der Waals surface area contributed by atoms with Crippen LogP contribution in [-0.4, -0.2) is 6.54 Å². The largest absolute Gasteiger partial charge is 0.488 e. The molecule has 2 nitrogen and oxygen atoms in total. The van der Waals surface area contributed by atoms with Crippen molar-refractivity contribution < 1.29 is 4.74 Å². The fourth-order valence-corrected chi connectivity index (χ4v) is 2.37. The maximum atomic E-state index is 5.74. The van der Waals surface area contributed by atoms with Crippen molar-refractivity contribution in [1.29, 1.82) is 0 Å². The average Bonchev–Trinajstić information content (AvgIpc) is 2.90. The molecule has 1 aromatic carbocycles. The molecule has 20 heavy (non-hydrogen) atoms. The Morgan fingerprint density at radius 3 is 2.50 bits per heavy atom. The number of benzene rings is 1. The lowest BCUT2D eigenvalue weighted by molar-refractivity contribution is 0.309. The average molecular weight is 312 g/mol. The van der Waals surface area contributed by atoms with Gasteiger partial charge >= 0.3 is 0 Å². The normalized spacial score (nSPS) is 10.3. The van der Waals surface area contributed by atoms with Gasteiger partial charge in [0.25, 0.3) is 0 Å². The molecule has 2 rings (SSSR count). The van der Waals surface area contributed by atoms with Gasteiger partial charge in [-0.3, -0.25) is 0 Å². The van der Waals surface area contributed by atoms with E-state index in [1.54, 1.807) is 11.3 Å². The Balaban J connectivity index is 0.00000200. The second kappa shape index (κ2) is 9.01. The van der Waals surface area contributed by atoms with Gasteiger partial charge in [0.05, 0.1) is 0 Å². The summed E-state index contributed by atoms with van der Waals surface area (Å²) in [5.41, 5.74) is 1.30. The molecule has 0 aliphatic heterocycles. The molecular weight excluding hydrogens is 290 g/mol. The van der Waals surface area contributed by atoms with Crippen molar-refractivity contribution in [1.82, 2.24) is 5.32 Å². The van der Waals surface area contributed by atoms with Crippen LogP contribution in [0.1, 0.15) is 24.3 Å².